The molecule has 8 nitrogen and oxygen atoms in total. The highest BCUT2D eigenvalue weighted by atomic mass is 16.5. The van der Waals surface area contributed by atoms with E-state index < -0.39 is 0 Å². The normalized spacial score (nSPS) is 18.1. The van der Waals surface area contributed by atoms with E-state index in [2.05, 4.69) is 20.5 Å². The largest absolute Gasteiger partial charge is 0.497 e. The van der Waals surface area contributed by atoms with Gasteiger partial charge in [-0.1, -0.05) is 30.3 Å². The van der Waals surface area contributed by atoms with Gasteiger partial charge < -0.3 is 15.0 Å². The van der Waals surface area contributed by atoms with Gasteiger partial charge in [-0.05, 0) is 37.1 Å². The Bertz CT molecular complexity index is 1100. The van der Waals surface area contributed by atoms with E-state index in [1.165, 1.54) is 6.92 Å². The van der Waals surface area contributed by atoms with Crippen molar-refractivity contribution in [3.05, 3.63) is 65.5 Å². The van der Waals surface area contributed by atoms with Crippen molar-refractivity contribution in [2.24, 2.45) is 0 Å². The summed E-state index contributed by atoms with van der Waals surface area (Å²) in [5.41, 5.74) is 2.32. The second-order valence-electron chi connectivity index (χ2n) is 7.70. The van der Waals surface area contributed by atoms with E-state index in [9.17, 15) is 9.59 Å². The molecular formula is C23H25N5O3. The summed E-state index contributed by atoms with van der Waals surface area (Å²) in [4.78, 5) is 31.5. The molecule has 1 aliphatic heterocycles. The summed E-state index contributed by atoms with van der Waals surface area (Å²) >= 11 is 0. The molecule has 3 aromatic rings. The summed E-state index contributed by atoms with van der Waals surface area (Å²) in [6.45, 7) is 3.76. The number of aromatic nitrogens is 3. The van der Waals surface area contributed by atoms with Crippen molar-refractivity contribution >= 4 is 11.8 Å². The number of hydrogen-bond donors (Lipinski definition) is 2. The van der Waals surface area contributed by atoms with Crippen LogP contribution in [0, 0.1) is 6.92 Å². The summed E-state index contributed by atoms with van der Waals surface area (Å²) < 4.78 is 5.26. The summed E-state index contributed by atoms with van der Waals surface area (Å²) in [5, 5.41) is 10.3. The van der Waals surface area contributed by atoms with Crippen LogP contribution in [0.25, 0.3) is 11.4 Å². The molecule has 160 valence electrons. The maximum Gasteiger partial charge on any atom is 0.254 e. The molecule has 0 unspecified atom stereocenters. The Morgan fingerprint density at radius 2 is 1.97 bits per heavy atom. The van der Waals surface area contributed by atoms with Gasteiger partial charge in [0, 0.05) is 30.6 Å². The Hall–Kier alpha value is -3.68. The van der Waals surface area contributed by atoms with Gasteiger partial charge in [0.25, 0.3) is 5.91 Å². The maximum atomic E-state index is 13.5. The van der Waals surface area contributed by atoms with Gasteiger partial charge in [0.05, 0.1) is 13.2 Å². The first-order chi connectivity index (χ1) is 15.0. The Morgan fingerprint density at radius 1 is 1.19 bits per heavy atom. The first-order valence-corrected chi connectivity index (χ1v) is 10.2. The number of carbonyl (C=O) groups is 2. The number of benzene rings is 2. The second kappa shape index (κ2) is 8.59. The van der Waals surface area contributed by atoms with Crippen molar-refractivity contribution in [2.75, 3.05) is 13.7 Å². The highest BCUT2D eigenvalue weighted by Crippen LogP contribution is 2.33. The van der Waals surface area contributed by atoms with Gasteiger partial charge in [-0.2, -0.15) is 5.10 Å². The number of carbonyl (C=O) groups excluding carboxylic acids is 2. The molecule has 1 fully saturated rings. The quantitative estimate of drug-likeness (QED) is 0.662. The molecule has 8 heteroatoms. The lowest BCUT2D eigenvalue weighted by atomic mass is 10.1. The summed E-state index contributed by atoms with van der Waals surface area (Å²) in [5.74, 6) is 1.64. The van der Waals surface area contributed by atoms with E-state index in [4.69, 9.17) is 4.74 Å². The zero-order valence-electron chi connectivity index (χ0n) is 17.8. The first-order valence-electron chi connectivity index (χ1n) is 10.2. The molecule has 2 atom stereocenters. The third-order valence-corrected chi connectivity index (χ3v) is 5.48. The van der Waals surface area contributed by atoms with Crippen LogP contribution in [0.2, 0.25) is 0 Å². The van der Waals surface area contributed by atoms with E-state index in [1.54, 1.807) is 24.1 Å². The molecule has 0 spiro atoms. The highest BCUT2D eigenvalue weighted by Gasteiger charge is 2.39. The minimum atomic E-state index is -0.323. The number of nitrogens with zero attached hydrogens (tertiary/aromatic N) is 3. The molecule has 4 rings (SSSR count). The molecule has 0 saturated carbocycles. The maximum absolute atomic E-state index is 13.5. The molecular weight excluding hydrogens is 394 g/mol. The molecule has 1 saturated heterocycles. The molecule has 1 aromatic heterocycles. The summed E-state index contributed by atoms with van der Waals surface area (Å²) in [6, 6.07) is 14.6. The van der Waals surface area contributed by atoms with Crippen molar-refractivity contribution in [2.45, 2.75) is 32.4 Å². The standard InChI is InChI=1S/C23H25N5O3/c1-14-11-18(31-3)9-10-19(14)23(30)28-13-17(24-15(2)29)12-20(28)22-25-21(26-27-22)16-7-5-4-6-8-16/h4-11,17,20H,12-13H2,1-3H3,(H,24,29)(H,25,26,27)/t17-,20-/m0/s1. The van der Waals surface area contributed by atoms with Crippen LogP contribution in [0.4, 0.5) is 0 Å². The number of aryl methyl sites for hydroxylation is 1. The zero-order valence-corrected chi connectivity index (χ0v) is 17.8. The zero-order chi connectivity index (χ0) is 22.0. The Labute approximate surface area is 180 Å². The highest BCUT2D eigenvalue weighted by molar-refractivity contribution is 5.96. The first kappa shape index (κ1) is 20.6. The van der Waals surface area contributed by atoms with E-state index in [-0.39, 0.29) is 23.9 Å². The topological polar surface area (TPSA) is 100 Å². The van der Waals surface area contributed by atoms with E-state index in [0.29, 0.717) is 35.9 Å². The lowest BCUT2D eigenvalue weighted by molar-refractivity contribution is -0.119. The van der Waals surface area contributed by atoms with Crippen molar-refractivity contribution in [1.29, 1.82) is 0 Å². The Morgan fingerprint density at radius 3 is 2.65 bits per heavy atom. The van der Waals surface area contributed by atoms with Crippen LogP contribution in [0.3, 0.4) is 0 Å². The smallest absolute Gasteiger partial charge is 0.254 e. The van der Waals surface area contributed by atoms with Gasteiger partial charge in [-0.3, -0.25) is 14.7 Å². The monoisotopic (exact) mass is 419 g/mol. The van der Waals surface area contributed by atoms with Crippen LogP contribution < -0.4 is 10.1 Å². The lowest BCUT2D eigenvalue weighted by Crippen LogP contribution is -2.37. The van der Waals surface area contributed by atoms with Crippen LogP contribution >= 0.6 is 0 Å². The minimum absolute atomic E-state index is 0.115. The van der Waals surface area contributed by atoms with Crippen molar-refractivity contribution < 1.29 is 14.3 Å². The minimum Gasteiger partial charge on any atom is -0.497 e. The Balaban J connectivity index is 1.65. The third kappa shape index (κ3) is 4.28. The molecule has 2 N–H and O–H groups in total. The van der Waals surface area contributed by atoms with Crippen LogP contribution in [0.5, 0.6) is 5.75 Å². The number of H-pyrrole nitrogens is 1. The molecule has 31 heavy (non-hydrogen) atoms. The van der Waals surface area contributed by atoms with Crippen LogP contribution in [0.15, 0.2) is 48.5 Å². The average molecular weight is 419 g/mol. The number of ether oxygens (including phenoxy) is 1. The van der Waals surface area contributed by atoms with E-state index in [1.807, 2.05) is 43.3 Å². The number of nitrogens with one attached hydrogen (secondary N) is 2. The SMILES string of the molecule is COc1ccc(C(=O)N2C[C@@H](NC(C)=O)C[C@H]2c2nc(-c3ccccc3)n[nH]2)c(C)c1. The lowest BCUT2D eigenvalue weighted by Gasteiger charge is -2.23. The molecule has 0 aliphatic carbocycles. The number of likely N-dealkylation sites (tertiary alicyclic amines) is 1. The number of aromatic amines is 1. The molecule has 2 amide bonds. The number of hydrogen-bond acceptors (Lipinski definition) is 5. The molecule has 0 bridgehead atoms. The van der Waals surface area contributed by atoms with Gasteiger partial charge in [0.2, 0.25) is 5.91 Å². The Kier molecular flexibility index (Phi) is 5.70. The molecule has 0 radical (unpaired) electrons. The van der Waals surface area contributed by atoms with Gasteiger partial charge in [0.1, 0.15) is 11.6 Å². The fraction of sp³-hybridized carbons (Fsp3) is 0.304. The summed E-state index contributed by atoms with van der Waals surface area (Å²) in [7, 11) is 1.60. The summed E-state index contributed by atoms with van der Waals surface area (Å²) in [6.07, 6.45) is 0.559. The van der Waals surface area contributed by atoms with E-state index >= 15 is 0 Å². The van der Waals surface area contributed by atoms with Crippen LogP contribution in [0.1, 0.15) is 41.1 Å². The van der Waals surface area contributed by atoms with Crippen molar-refractivity contribution in [3.8, 4) is 17.1 Å². The second-order valence-corrected chi connectivity index (χ2v) is 7.70. The van der Waals surface area contributed by atoms with E-state index in [0.717, 1.165) is 11.1 Å². The van der Waals surface area contributed by atoms with Gasteiger partial charge in [-0.15, -0.1) is 0 Å². The fourth-order valence-corrected chi connectivity index (χ4v) is 4.01. The van der Waals surface area contributed by atoms with Crippen LogP contribution in [-0.4, -0.2) is 51.6 Å². The molecule has 1 aliphatic rings. The predicted octanol–water partition coefficient (Wildman–Crippen LogP) is 2.88. The van der Waals surface area contributed by atoms with Gasteiger partial charge in [-0.25, -0.2) is 4.98 Å². The number of rotatable bonds is 5. The van der Waals surface area contributed by atoms with Crippen molar-refractivity contribution in [1.82, 2.24) is 25.4 Å². The van der Waals surface area contributed by atoms with Crippen LogP contribution in [-0.2, 0) is 4.79 Å². The number of methoxy groups -OCH3 is 1. The van der Waals surface area contributed by atoms with Gasteiger partial charge >= 0.3 is 0 Å². The molecule has 2 aromatic carbocycles. The average Bonchev–Trinajstić information content (AvgIpc) is 3.40. The van der Waals surface area contributed by atoms with Gasteiger partial charge in [0.15, 0.2) is 5.82 Å². The third-order valence-electron chi connectivity index (χ3n) is 5.48. The fourth-order valence-electron chi connectivity index (χ4n) is 4.01. The molecule has 2 heterocycles. The number of amides is 2. The predicted molar refractivity (Wildman–Crippen MR) is 116 cm³/mol. The van der Waals surface area contributed by atoms with Crippen molar-refractivity contribution in [3.63, 3.8) is 0 Å².